The summed E-state index contributed by atoms with van der Waals surface area (Å²) in [7, 11) is 1.56. The number of amides is 3. The van der Waals surface area contributed by atoms with Crippen LogP contribution >= 0.6 is 0 Å². The molecule has 8 heteroatoms. The monoisotopic (exact) mass is 479 g/mol. The van der Waals surface area contributed by atoms with Gasteiger partial charge < -0.3 is 25.4 Å². The lowest BCUT2D eigenvalue weighted by molar-refractivity contribution is -0.150. The fraction of sp³-hybridized carbons (Fsp3) is 0.444. The molecule has 1 saturated carbocycles. The topological polar surface area (TPSA) is 108 Å². The van der Waals surface area contributed by atoms with E-state index in [1.165, 1.54) is 5.56 Å². The van der Waals surface area contributed by atoms with Gasteiger partial charge in [0.15, 0.2) is 0 Å². The molecule has 35 heavy (non-hydrogen) atoms. The molecule has 8 nitrogen and oxygen atoms in total. The first kappa shape index (κ1) is 24.6. The van der Waals surface area contributed by atoms with Crippen molar-refractivity contribution in [2.75, 3.05) is 24.3 Å². The summed E-state index contributed by atoms with van der Waals surface area (Å²) >= 11 is 0. The van der Waals surface area contributed by atoms with Crippen molar-refractivity contribution in [2.24, 2.45) is 5.92 Å². The number of carboxylic acid groups (broad SMARTS) is 1. The van der Waals surface area contributed by atoms with Crippen LogP contribution in [0.1, 0.15) is 55.6 Å². The number of urea groups is 1. The number of rotatable bonds is 6. The molecule has 0 spiro atoms. The van der Waals surface area contributed by atoms with Crippen LogP contribution in [0.25, 0.3) is 0 Å². The Balaban J connectivity index is 1.29. The lowest BCUT2D eigenvalue weighted by Crippen LogP contribution is -2.44. The standard InChI is InChI=1S/C27H33N3O5/c1-17-5-14-24(35-2)22(16-17)29-27(34)28-21-12-10-19(11-13-21)18-6-8-20(9-7-18)25(31)30-15-3-4-23(30)26(32)33/h5,10-14,16,18,20,23H,3-4,6-9,15H2,1-2H3,(H,32,33)(H2,28,29,34)/t18-,20-,23-/m0/s1. The second-order valence-electron chi connectivity index (χ2n) is 9.48. The number of hydrogen-bond acceptors (Lipinski definition) is 4. The zero-order valence-electron chi connectivity index (χ0n) is 20.3. The van der Waals surface area contributed by atoms with Gasteiger partial charge in [0.05, 0.1) is 12.8 Å². The summed E-state index contributed by atoms with van der Waals surface area (Å²) in [6.45, 7) is 2.50. The van der Waals surface area contributed by atoms with E-state index in [1.807, 2.05) is 49.4 Å². The van der Waals surface area contributed by atoms with Crippen LogP contribution in [0.3, 0.4) is 0 Å². The fourth-order valence-corrected chi connectivity index (χ4v) is 5.24. The van der Waals surface area contributed by atoms with Gasteiger partial charge in [-0.2, -0.15) is 0 Å². The van der Waals surface area contributed by atoms with Gasteiger partial charge in [-0.05, 0) is 86.8 Å². The van der Waals surface area contributed by atoms with E-state index in [0.29, 0.717) is 36.0 Å². The number of methoxy groups -OCH3 is 1. The van der Waals surface area contributed by atoms with E-state index >= 15 is 0 Å². The smallest absolute Gasteiger partial charge is 0.326 e. The summed E-state index contributed by atoms with van der Waals surface area (Å²) in [6, 6.07) is 12.4. The molecule has 0 unspecified atom stereocenters. The van der Waals surface area contributed by atoms with Gasteiger partial charge in [-0.3, -0.25) is 4.79 Å². The first-order chi connectivity index (χ1) is 16.9. The molecule has 1 saturated heterocycles. The zero-order chi connectivity index (χ0) is 24.9. The number of benzene rings is 2. The summed E-state index contributed by atoms with van der Waals surface area (Å²) in [5.41, 5.74) is 3.50. The van der Waals surface area contributed by atoms with Crippen LogP contribution in [-0.4, -0.2) is 47.6 Å². The molecular formula is C27H33N3O5. The third kappa shape index (κ3) is 5.75. The minimum Gasteiger partial charge on any atom is -0.495 e. The van der Waals surface area contributed by atoms with Crippen LogP contribution in [-0.2, 0) is 9.59 Å². The molecule has 1 aliphatic heterocycles. The Morgan fingerprint density at radius 1 is 0.971 bits per heavy atom. The number of aliphatic carboxylic acids is 1. The van der Waals surface area contributed by atoms with Crippen molar-refractivity contribution in [3.8, 4) is 5.75 Å². The van der Waals surface area contributed by atoms with E-state index in [1.54, 1.807) is 12.0 Å². The highest BCUT2D eigenvalue weighted by atomic mass is 16.5. The highest BCUT2D eigenvalue weighted by molar-refractivity contribution is 6.00. The minimum absolute atomic E-state index is 0.00384. The molecular weight excluding hydrogens is 446 g/mol. The number of carbonyl (C=O) groups excluding carboxylic acids is 2. The average Bonchev–Trinajstić information content (AvgIpc) is 3.35. The number of likely N-dealkylation sites (tertiary alicyclic amines) is 1. The van der Waals surface area contributed by atoms with Gasteiger partial charge in [0.2, 0.25) is 5.91 Å². The molecule has 2 aromatic carbocycles. The van der Waals surface area contributed by atoms with Crippen LogP contribution in [0.15, 0.2) is 42.5 Å². The Morgan fingerprint density at radius 2 is 1.69 bits per heavy atom. The molecule has 3 amide bonds. The van der Waals surface area contributed by atoms with E-state index in [0.717, 1.165) is 37.7 Å². The van der Waals surface area contributed by atoms with Crippen molar-refractivity contribution in [1.82, 2.24) is 4.90 Å². The Labute approximate surface area is 205 Å². The normalized spacial score (nSPS) is 21.9. The number of carboxylic acids is 1. The van der Waals surface area contributed by atoms with Gasteiger partial charge >= 0.3 is 12.0 Å². The molecule has 0 bridgehead atoms. The Morgan fingerprint density at radius 3 is 2.34 bits per heavy atom. The Hall–Kier alpha value is -3.55. The quantitative estimate of drug-likeness (QED) is 0.541. The largest absolute Gasteiger partial charge is 0.495 e. The molecule has 4 rings (SSSR count). The van der Waals surface area contributed by atoms with Crippen molar-refractivity contribution in [3.05, 3.63) is 53.6 Å². The van der Waals surface area contributed by atoms with Gasteiger partial charge in [-0.25, -0.2) is 9.59 Å². The molecule has 2 aromatic rings. The molecule has 3 N–H and O–H groups in total. The highest BCUT2D eigenvalue weighted by Gasteiger charge is 2.38. The zero-order valence-corrected chi connectivity index (χ0v) is 20.3. The number of hydrogen-bond donors (Lipinski definition) is 3. The second-order valence-corrected chi connectivity index (χ2v) is 9.48. The molecule has 0 aromatic heterocycles. The van der Waals surface area contributed by atoms with Crippen molar-refractivity contribution in [2.45, 2.75) is 57.4 Å². The van der Waals surface area contributed by atoms with Gasteiger partial charge in [0, 0.05) is 18.2 Å². The second kappa shape index (κ2) is 10.8. The van der Waals surface area contributed by atoms with Crippen LogP contribution in [0.5, 0.6) is 5.75 Å². The van der Waals surface area contributed by atoms with Gasteiger partial charge in [0.1, 0.15) is 11.8 Å². The third-order valence-corrected chi connectivity index (χ3v) is 7.14. The SMILES string of the molecule is COc1ccc(C)cc1NC(=O)Nc1ccc([C@H]2CC[C@H](C(=O)N3CCC[C@H]3C(=O)O)CC2)cc1. The molecule has 2 aliphatic rings. The number of anilines is 2. The molecule has 186 valence electrons. The lowest BCUT2D eigenvalue weighted by atomic mass is 9.78. The van der Waals surface area contributed by atoms with E-state index < -0.39 is 12.0 Å². The fourth-order valence-electron chi connectivity index (χ4n) is 5.24. The summed E-state index contributed by atoms with van der Waals surface area (Å²) in [5, 5.41) is 15.1. The molecule has 1 aliphatic carbocycles. The number of aryl methyl sites for hydroxylation is 1. The Kier molecular flexibility index (Phi) is 7.58. The summed E-state index contributed by atoms with van der Waals surface area (Å²) in [6.07, 6.45) is 4.63. The predicted molar refractivity (Wildman–Crippen MR) is 134 cm³/mol. The maximum Gasteiger partial charge on any atom is 0.326 e. The number of carbonyl (C=O) groups is 3. The average molecular weight is 480 g/mol. The van der Waals surface area contributed by atoms with Gasteiger partial charge in [0.25, 0.3) is 0 Å². The van der Waals surface area contributed by atoms with Crippen LogP contribution in [0, 0.1) is 12.8 Å². The molecule has 1 atom stereocenters. The summed E-state index contributed by atoms with van der Waals surface area (Å²) in [4.78, 5) is 38.4. The minimum atomic E-state index is -0.898. The van der Waals surface area contributed by atoms with Crippen molar-refractivity contribution in [1.29, 1.82) is 0 Å². The third-order valence-electron chi connectivity index (χ3n) is 7.14. The van der Waals surface area contributed by atoms with Crippen molar-refractivity contribution < 1.29 is 24.2 Å². The number of nitrogens with one attached hydrogen (secondary N) is 2. The lowest BCUT2D eigenvalue weighted by Gasteiger charge is -2.32. The maximum atomic E-state index is 12.9. The summed E-state index contributed by atoms with van der Waals surface area (Å²) < 4.78 is 5.31. The number of nitrogens with zero attached hydrogens (tertiary/aromatic N) is 1. The first-order valence-electron chi connectivity index (χ1n) is 12.2. The highest BCUT2D eigenvalue weighted by Crippen LogP contribution is 2.38. The van der Waals surface area contributed by atoms with E-state index in [-0.39, 0.29) is 17.9 Å². The molecule has 1 heterocycles. The molecule has 2 fully saturated rings. The molecule has 0 radical (unpaired) electrons. The van der Waals surface area contributed by atoms with E-state index in [9.17, 15) is 19.5 Å². The van der Waals surface area contributed by atoms with Gasteiger partial charge in [-0.15, -0.1) is 0 Å². The van der Waals surface area contributed by atoms with E-state index in [4.69, 9.17) is 4.74 Å². The van der Waals surface area contributed by atoms with Crippen LogP contribution in [0.2, 0.25) is 0 Å². The summed E-state index contributed by atoms with van der Waals surface area (Å²) in [5.74, 6) is -0.0331. The van der Waals surface area contributed by atoms with E-state index in [2.05, 4.69) is 10.6 Å². The van der Waals surface area contributed by atoms with Crippen molar-refractivity contribution >= 4 is 29.3 Å². The van der Waals surface area contributed by atoms with Crippen molar-refractivity contribution in [3.63, 3.8) is 0 Å². The van der Waals surface area contributed by atoms with Crippen LogP contribution < -0.4 is 15.4 Å². The first-order valence-corrected chi connectivity index (χ1v) is 12.2. The van der Waals surface area contributed by atoms with Gasteiger partial charge in [-0.1, -0.05) is 18.2 Å². The van der Waals surface area contributed by atoms with Crippen LogP contribution in [0.4, 0.5) is 16.2 Å². The maximum absolute atomic E-state index is 12.9. The Bertz CT molecular complexity index is 1080. The number of ether oxygens (including phenoxy) is 1. The predicted octanol–water partition coefficient (Wildman–Crippen LogP) is 5.00.